The van der Waals surface area contributed by atoms with Crippen LogP contribution in [0, 0.1) is 11.8 Å². The summed E-state index contributed by atoms with van der Waals surface area (Å²) in [5.74, 6) is 1.61. The van der Waals surface area contributed by atoms with Crippen LogP contribution in [0.2, 0.25) is 0 Å². The molecule has 0 amide bonds. The van der Waals surface area contributed by atoms with Crippen LogP contribution in [0.25, 0.3) is 10.9 Å². The van der Waals surface area contributed by atoms with Crippen LogP contribution >= 0.6 is 0 Å². The van der Waals surface area contributed by atoms with E-state index in [1.165, 1.54) is 18.2 Å². The van der Waals surface area contributed by atoms with Gasteiger partial charge in [0.15, 0.2) is 0 Å². The Bertz CT molecular complexity index is 1220. The molecule has 184 valence electrons. The van der Waals surface area contributed by atoms with Crippen LogP contribution in [0.5, 0.6) is 5.75 Å². The third-order valence-electron chi connectivity index (χ3n) is 8.59. The van der Waals surface area contributed by atoms with Gasteiger partial charge < -0.3 is 19.2 Å². The van der Waals surface area contributed by atoms with E-state index in [1.54, 1.807) is 7.11 Å². The van der Waals surface area contributed by atoms with Gasteiger partial charge in [-0.05, 0) is 66.8 Å². The van der Waals surface area contributed by atoms with Gasteiger partial charge in [0.25, 0.3) is 0 Å². The molecule has 0 spiro atoms. The Morgan fingerprint density at radius 3 is 2.83 bits per heavy atom. The molecule has 4 unspecified atom stereocenters. The Kier molecular flexibility index (Phi) is 5.81. The molecule has 35 heavy (non-hydrogen) atoms. The van der Waals surface area contributed by atoms with Crippen molar-refractivity contribution in [1.29, 1.82) is 0 Å². The van der Waals surface area contributed by atoms with Crippen LogP contribution in [-0.4, -0.2) is 55.8 Å². The molecular formula is C29H34N2O4. The van der Waals surface area contributed by atoms with E-state index in [0.29, 0.717) is 25.0 Å². The predicted octanol–water partition coefficient (Wildman–Crippen LogP) is 4.46. The zero-order valence-electron chi connectivity index (χ0n) is 20.6. The molecule has 1 N–H and O–H groups in total. The molecule has 1 saturated carbocycles. The number of nitrogens with one attached hydrogen (secondary N) is 1. The van der Waals surface area contributed by atoms with Gasteiger partial charge in [-0.3, -0.25) is 9.69 Å². The maximum Gasteiger partial charge on any atom is 0.319 e. The van der Waals surface area contributed by atoms with E-state index in [-0.39, 0.29) is 12.0 Å². The number of piperidine rings is 2. The van der Waals surface area contributed by atoms with Gasteiger partial charge in [-0.15, -0.1) is 0 Å². The average Bonchev–Trinajstić information content (AvgIpc) is 3.23. The Morgan fingerprint density at radius 2 is 2.03 bits per heavy atom. The quantitative estimate of drug-likeness (QED) is 0.405. The molecule has 3 aliphatic heterocycles. The molecule has 3 aromatic rings. The molecule has 1 aliphatic carbocycles. The maximum absolute atomic E-state index is 13.7. The summed E-state index contributed by atoms with van der Waals surface area (Å²) in [7, 11) is 3.24. The highest BCUT2D eigenvalue weighted by Crippen LogP contribution is 2.55. The van der Waals surface area contributed by atoms with E-state index in [1.807, 2.05) is 24.3 Å². The van der Waals surface area contributed by atoms with Crippen LogP contribution in [0.1, 0.15) is 36.1 Å². The first-order valence-corrected chi connectivity index (χ1v) is 12.8. The van der Waals surface area contributed by atoms with Crippen molar-refractivity contribution in [2.24, 2.45) is 11.8 Å². The topological polar surface area (TPSA) is 63.8 Å². The third-order valence-corrected chi connectivity index (χ3v) is 8.59. The fourth-order valence-corrected chi connectivity index (χ4v) is 7.31. The first-order chi connectivity index (χ1) is 17.1. The van der Waals surface area contributed by atoms with Gasteiger partial charge in [0, 0.05) is 42.3 Å². The molecule has 4 aliphatic rings. The number of esters is 1. The van der Waals surface area contributed by atoms with Gasteiger partial charge in [0.1, 0.15) is 11.2 Å². The molecule has 0 radical (unpaired) electrons. The van der Waals surface area contributed by atoms with Crippen molar-refractivity contribution in [2.45, 2.75) is 43.7 Å². The van der Waals surface area contributed by atoms with Gasteiger partial charge in [0.05, 0.1) is 20.8 Å². The minimum Gasteiger partial charge on any atom is -0.497 e. The number of ether oxygens (including phenoxy) is 3. The number of aromatic nitrogens is 1. The Labute approximate surface area is 206 Å². The normalized spacial score (nSPS) is 29.0. The first kappa shape index (κ1) is 22.6. The SMILES string of the molecule is COC(=O)C12C[C@H]3CC(CCOCc4ccccc4)C1N(CCc1c2[nH]c2ccc(OC)cc12)C3. The molecule has 4 heterocycles. The third kappa shape index (κ3) is 3.66. The second-order valence-corrected chi connectivity index (χ2v) is 10.4. The van der Waals surface area contributed by atoms with Crippen LogP contribution < -0.4 is 4.74 Å². The number of rotatable bonds is 7. The minimum absolute atomic E-state index is 0.103. The number of fused-ring (bicyclic) bond motifs is 4. The van der Waals surface area contributed by atoms with Crippen LogP contribution in [-0.2, 0) is 32.7 Å². The van der Waals surface area contributed by atoms with E-state index in [0.717, 1.165) is 61.1 Å². The molecule has 6 nitrogen and oxygen atoms in total. The van der Waals surface area contributed by atoms with Crippen molar-refractivity contribution < 1.29 is 19.0 Å². The summed E-state index contributed by atoms with van der Waals surface area (Å²) < 4.78 is 17.2. The van der Waals surface area contributed by atoms with Crippen molar-refractivity contribution in [2.75, 3.05) is 33.9 Å². The lowest BCUT2D eigenvalue weighted by Gasteiger charge is -2.58. The Balaban J connectivity index is 1.34. The van der Waals surface area contributed by atoms with Gasteiger partial charge in [-0.2, -0.15) is 0 Å². The van der Waals surface area contributed by atoms with Crippen molar-refractivity contribution in [3.8, 4) is 5.75 Å². The summed E-state index contributed by atoms with van der Waals surface area (Å²) in [6, 6.07) is 16.6. The van der Waals surface area contributed by atoms with Gasteiger partial charge in [-0.25, -0.2) is 0 Å². The molecule has 5 atom stereocenters. The zero-order valence-corrected chi connectivity index (χ0v) is 20.6. The lowest BCUT2D eigenvalue weighted by atomic mass is 9.56. The van der Waals surface area contributed by atoms with Crippen molar-refractivity contribution in [3.63, 3.8) is 0 Å². The summed E-state index contributed by atoms with van der Waals surface area (Å²) in [6.07, 6.45) is 3.87. The molecule has 2 saturated heterocycles. The van der Waals surface area contributed by atoms with E-state index >= 15 is 0 Å². The van der Waals surface area contributed by atoms with Crippen LogP contribution in [0.15, 0.2) is 48.5 Å². The maximum atomic E-state index is 13.7. The van der Waals surface area contributed by atoms with Gasteiger partial charge in [0.2, 0.25) is 0 Å². The number of hydrogen-bond acceptors (Lipinski definition) is 5. The summed E-state index contributed by atoms with van der Waals surface area (Å²) in [4.78, 5) is 20.0. The van der Waals surface area contributed by atoms with Crippen molar-refractivity contribution >= 4 is 16.9 Å². The van der Waals surface area contributed by atoms with E-state index in [9.17, 15) is 4.79 Å². The number of methoxy groups -OCH3 is 2. The molecule has 7 rings (SSSR count). The first-order valence-electron chi connectivity index (χ1n) is 12.8. The zero-order chi connectivity index (χ0) is 24.0. The molecular weight excluding hydrogens is 440 g/mol. The fraction of sp³-hybridized carbons (Fsp3) is 0.483. The smallest absolute Gasteiger partial charge is 0.319 e. The lowest BCUT2D eigenvalue weighted by molar-refractivity contribution is -0.163. The average molecular weight is 475 g/mol. The number of carbonyl (C=O) groups is 1. The largest absolute Gasteiger partial charge is 0.497 e. The van der Waals surface area contributed by atoms with Crippen LogP contribution in [0.3, 0.4) is 0 Å². The van der Waals surface area contributed by atoms with Crippen LogP contribution in [0.4, 0.5) is 0 Å². The highest BCUT2D eigenvalue weighted by molar-refractivity contribution is 5.92. The molecule has 6 heteroatoms. The number of benzene rings is 2. The second-order valence-electron chi connectivity index (χ2n) is 10.4. The summed E-state index contributed by atoms with van der Waals surface area (Å²) in [6.45, 7) is 3.35. The summed E-state index contributed by atoms with van der Waals surface area (Å²) in [5, 5.41) is 1.16. The van der Waals surface area contributed by atoms with Gasteiger partial charge >= 0.3 is 5.97 Å². The Hall–Kier alpha value is -2.83. The fourth-order valence-electron chi connectivity index (χ4n) is 7.31. The number of nitrogens with zero attached hydrogens (tertiary/aromatic N) is 1. The van der Waals surface area contributed by atoms with E-state index < -0.39 is 5.41 Å². The number of hydrogen-bond donors (Lipinski definition) is 1. The van der Waals surface area contributed by atoms with Gasteiger partial charge in [-0.1, -0.05) is 30.3 Å². The lowest BCUT2D eigenvalue weighted by Crippen LogP contribution is -2.67. The molecule has 1 aromatic heterocycles. The number of carbonyl (C=O) groups excluding carboxylic acids is 1. The summed E-state index contributed by atoms with van der Waals surface area (Å²) >= 11 is 0. The molecule has 2 aromatic carbocycles. The second kappa shape index (κ2) is 8.99. The monoisotopic (exact) mass is 474 g/mol. The highest BCUT2D eigenvalue weighted by Gasteiger charge is 2.62. The summed E-state index contributed by atoms with van der Waals surface area (Å²) in [5.41, 5.74) is 3.91. The molecule has 3 fully saturated rings. The number of H-pyrrole nitrogens is 1. The van der Waals surface area contributed by atoms with Crippen molar-refractivity contribution in [3.05, 3.63) is 65.4 Å². The minimum atomic E-state index is -0.669. The van der Waals surface area contributed by atoms with Crippen molar-refractivity contribution in [1.82, 2.24) is 9.88 Å². The number of aromatic amines is 1. The Morgan fingerprint density at radius 1 is 1.17 bits per heavy atom. The predicted molar refractivity (Wildman–Crippen MR) is 135 cm³/mol. The molecule has 4 bridgehead atoms. The standard InChI is InChI=1S/C29H34N2O4/c1-33-22-8-9-25-24(15-22)23-10-12-31-17-20-14-21(11-13-35-18-19-6-4-3-5-7-19)27(31)29(16-20,26(23)30-25)28(32)34-2/h3-9,15,20-21,27,30H,10-14,16-18H2,1-2H3/t20-,21?,27?,29?/m1/s1. The van der Waals surface area contributed by atoms with E-state index in [4.69, 9.17) is 14.2 Å². The van der Waals surface area contributed by atoms with E-state index in [2.05, 4.69) is 34.1 Å². The highest BCUT2D eigenvalue weighted by atomic mass is 16.5.